The van der Waals surface area contributed by atoms with E-state index in [0.717, 1.165) is 33.8 Å². The van der Waals surface area contributed by atoms with Gasteiger partial charge in [-0.3, -0.25) is 4.79 Å². The fraction of sp³-hybridized carbons (Fsp3) is 0.208. The van der Waals surface area contributed by atoms with Gasteiger partial charge in [0.2, 0.25) is 0 Å². The van der Waals surface area contributed by atoms with Gasteiger partial charge in [-0.05, 0) is 73.0 Å². The Kier molecular flexibility index (Phi) is 7.20. The number of ether oxygens (including phenoxy) is 2. The topological polar surface area (TPSA) is 59.6 Å². The maximum atomic E-state index is 12.2. The third-order valence-corrected chi connectivity index (χ3v) is 5.12. The summed E-state index contributed by atoms with van der Waals surface area (Å²) in [6.07, 6.45) is 0. The first kappa shape index (κ1) is 21.5. The highest BCUT2D eigenvalue weighted by molar-refractivity contribution is 6.32. The zero-order chi connectivity index (χ0) is 21.5. The fourth-order valence-electron chi connectivity index (χ4n) is 2.90. The molecule has 0 heterocycles. The fourth-order valence-corrected chi connectivity index (χ4v) is 3.16. The summed E-state index contributed by atoms with van der Waals surface area (Å²) in [7, 11) is 1.64. The number of amides is 1. The van der Waals surface area contributed by atoms with Crippen molar-refractivity contribution in [3.05, 3.63) is 82.4 Å². The van der Waals surface area contributed by atoms with Gasteiger partial charge in [0.05, 0.1) is 12.1 Å². The van der Waals surface area contributed by atoms with Gasteiger partial charge in [0, 0.05) is 17.9 Å². The van der Waals surface area contributed by atoms with Crippen LogP contribution >= 0.6 is 11.6 Å². The Balaban J connectivity index is 1.53. The molecule has 3 aromatic rings. The molecule has 1 amide bonds. The van der Waals surface area contributed by atoms with Gasteiger partial charge in [-0.2, -0.15) is 0 Å². The minimum absolute atomic E-state index is 0.115. The molecule has 3 aromatic carbocycles. The number of aryl methyl sites for hydroxylation is 1. The number of benzene rings is 3. The van der Waals surface area contributed by atoms with Crippen molar-refractivity contribution in [2.45, 2.75) is 20.4 Å². The number of hydrogen-bond donors (Lipinski definition) is 2. The average molecular weight is 425 g/mol. The molecule has 0 saturated carbocycles. The van der Waals surface area contributed by atoms with Crippen molar-refractivity contribution in [3.8, 4) is 11.5 Å². The van der Waals surface area contributed by atoms with Crippen molar-refractivity contribution in [1.29, 1.82) is 0 Å². The molecule has 0 aliphatic rings. The molecule has 30 heavy (non-hydrogen) atoms. The predicted molar refractivity (Wildman–Crippen MR) is 122 cm³/mol. The molecule has 0 atom stereocenters. The van der Waals surface area contributed by atoms with E-state index in [1.54, 1.807) is 13.2 Å². The Morgan fingerprint density at radius 3 is 2.50 bits per heavy atom. The van der Waals surface area contributed by atoms with E-state index in [4.69, 9.17) is 21.1 Å². The van der Waals surface area contributed by atoms with Crippen LogP contribution in [-0.4, -0.2) is 19.6 Å². The molecule has 156 valence electrons. The second-order valence-electron chi connectivity index (χ2n) is 6.93. The molecule has 0 unspecified atom stereocenters. The van der Waals surface area contributed by atoms with Crippen molar-refractivity contribution >= 4 is 28.9 Å². The van der Waals surface area contributed by atoms with Crippen LogP contribution in [0.25, 0.3) is 0 Å². The molecule has 0 aliphatic carbocycles. The summed E-state index contributed by atoms with van der Waals surface area (Å²) in [4.78, 5) is 12.2. The van der Waals surface area contributed by atoms with Crippen molar-refractivity contribution in [2.75, 3.05) is 24.4 Å². The molecule has 0 fully saturated rings. The van der Waals surface area contributed by atoms with Gasteiger partial charge < -0.3 is 20.1 Å². The number of methoxy groups -OCH3 is 1. The Hall–Kier alpha value is -3.18. The molecule has 0 spiro atoms. The molecular weight excluding hydrogens is 400 g/mol. The van der Waals surface area contributed by atoms with E-state index >= 15 is 0 Å². The molecule has 5 nitrogen and oxygen atoms in total. The molecule has 6 heteroatoms. The Morgan fingerprint density at radius 2 is 1.80 bits per heavy atom. The van der Waals surface area contributed by atoms with E-state index in [2.05, 4.69) is 10.6 Å². The zero-order valence-corrected chi connectivity index (χ0v) is 18.0. The van der Waals surface area contributed by atoms with Crippen LogP contribution in [0.3, 0.4) is 0 Å². The van der Waals surface area contributed by atoms with Crippen LogP contribution < -0.4 is 20.1 Å². The highest BCUT2D eigenvalue weighted by Gasteiger charge is 2.09. The smallest absolute Gasteiger partial charge is 0.262 e. The number of rotatable bonds is 8. The van der Waals surface area contributed by atoms with Gasteiger partial charge in [0.1, 0.15) is 11.5 Å². The van der Waals surface area contributed by atoms with Crippen LogP contribution in [-0.2, 0) is 11.3 Å². The van der Waals surface area contributed by atoms with Gasteiger partial charge >= 0.3 is 0 Å². The maximum absolute atomic E-state index is 12.2. The molecule has 0 radical (unpaired) electrons. The maximum Gasteiger partial charge on any atom is 0.262 e. The number of halogens is 1. The quantitative estimate of drug-likeness (QED) is 0.494. The lowest BCUT2D eigenvalue weighted by Crippen LogP contribution is -2.20. The van der Waals surface area contributed by atoms with Gasteiger partial charge in [-0.15, -0.1) is 0 Å². The Morgan fingerprint density at radius 1 is 1.03 bits per heavy atom. The monoisotopic (exact) mass is 424 g/mol. The molecule has 2 N–H and O–H groups in total. The van der Waals surface area contributed by atoms with Gasteiger partial charge in [0.15, 0.2) is 6.61 Å². The van der Waals surface area contributed by atoms with E-state index in [9.17, 15) is 4.79 Å². The van der Waals surface area contributed by atoms with Gasteiger partial charge in [0.25, 0.3) is 5.91 Å². The molecule has 0 saturated heterocycles. The van der Waals surface area contributed by atoms with Crippen LogP contribution in [0.2, 0.25) is 5.02 Å². The van der Waals surface area contributed by atoms with Crippen molar-refractivity contribution < 1.29 is 14.3 Å². The van der Waals surface area contributed by atoms with E-state index in [1.165, 1.54) is 0 Å². The number of hydrogen-bond acceptors (Lipinski definition) is 4. The minimum atomic E-state index is -0.231. The second-order valence-corrected chi connectivity index (χ2v) is 7.34. The van der Waals surface area contributed by atoms with Crippen LogP contribution in [0.4, 0.5) is 11.4 Å². The minimum Gasteiger partial charge on any atom is -0.497 e. The van der Waals surface area contributed by atoms with Crippen molar-refractivity contribution in [3.63, 3.8) is 0 Å². The largest absolute Gasteiger partial charge is 0.497 e. The number of nitrogens with one attached hydrogen (secondary N) is 2. The molecule has 3 rings (SSSR count). The molecular formula is C24H25ClN2O3. The summed E-state index contributed by atoms with van der Waals surface area (Å²) in [5.41, 5.74) is 4.93. The average Bonchev–Trinajstić information content (AvgIpc) is 2.75. The number of carbonyl (C=O) groups excluding carboxylic acids is 1. The first-order chi connectivity index (χ1) is 14.5. The van der Waals surface area contributed by atoms with Crippen molar-refractivity contribution in [2.24, 2.45) is 0 Å². The third kappa shape index (κ3) is 5.67. The summed E-state index contributed by atoms with van der Waals surface area (Å²) < 4.78 is 10.8. The first-order valence-electron chi connectivity index (χ1n) is 9.61. The Labute approximate surface area is 182 Å². The lowest BCUT2D eigenvalue weighted by Gasteiger charge is -2.13. The summed E-state index contributed by atoms with van der Waals surface area (Å²) in [5, 5.41) is 6.66. The molecule has 0 aliphatic heterocycles. The highest BCUT2D eigenvalue weighted by atomic mass is 35.5. The SMILES string of the molecule is COc1ccc(NCc2ccc(OCC(=O)Nc3cccc(C)c3C)c(Cl)c2)cc1. The summed E-state index contributed by atoms with van der Waals surface area (Å²) in [6.45, 7) is 4.48. The van der Waals surface area contributed by atoms with E-state index < -0.39 is 0 Å². The van der Waals surface area contributed by atoms with Crippen LogP contribution in [0.1, 0.15) is 16.7 Å². The van der Waals surface area contributed by atoms with E-state index in [1.807, 2.05) is 68.4 Å². The Bertz CT molecular complexity index is 1020. The van der Waals surface area contributed by atoms with Crippen LogP contribution in [0.15, 0.2) is 60.7 Å². The summed E-state index contributed by atoms with van der Waals surface area (Å²) in [6, 6.07) is 19.0. The zero-order valence-electron chi connectivity index (χ0n) is 17.3. The molecule has 0 bridgehead atoms. The predicted octanol–water partition coefficient (Wildman–Crippen LogP) is 5.60. The number of anilines is 2. The summed E-state index contributed by atoms with van der Waals surface area (Å²) in [5.74, 6) is 1.05. The normalized spacial score (nSPS) is 10.4. The standard InChI is InChI=1S/C24H25ClN2O3/c1-16-5-4-6-22(17(16)2)27-24(28)15-30-23-12-7-18(13-21(23)25)14-26-19-8-10-20(29-3)11-9-19/h4-13,26H,14-15H2,1-3H3,(H,27,28). The first-order valence-corrected chi connectivity index (χ1v) is 9.99. The summed E-state index contributed by atoms with van der Waals surface area (Å²) >= 11 is 6.34. The van der Waals surface area contributed by atoms with Gasteiger partial charge in [-0.1, -0.05) is 29.8 Å². The van der Waals surface area contributed by atoms with Crippen LogP contribution in [0, 0.1) is 13.8 Å². The van der Waals surface area contributed by atoms with Gasteiger partial charge in [-0.25, -0.2) is 0 Å². The van der Waals surface area contributed by atoms with Crippen molar-refractivity contribution in [1.82, 2.24) is 0 Å². The molecule has 0 aromatic heterocycles. The van der Waals surface area contributed by atoms with E-state index in [0.29, 0.717) is 17.3 Å². The van der Waals surface area contributed by atoms with E-state index in [-0.39, 0.29) is 12.5 Å². The lowest BCUT2D eigenvalue weighted by molar-refractivity contribution is -0.118. The lowest BCUT2D eigenvalue weighted by atomic mass is 10.1. The third-order valence-electron chi connectivity index (χ3n) is 4.82. The second kappa shape index (κ2) is 10.0. The van der Waals surface area contributed by atoms with Crippen LogP contribution in [0.5, 0.6) is 11.5 Å². The number of carbonyl (C=O) groups is 1. The highest BCUT2D eigenvalue weighted by Crippen LogP contribution is 2.26.